The van der Waals surface area contributed by atoms with E-state index in [9.17, 15) is 26.7 Å². The van der Waals surface area contributed by atoms with E-state index < -0.39 is 35.2 Å². The van der Waals surface area contributed by atoms with Crippen LogP contribution >= 0.6 is 0 Å². The van der Waals surface area contributed by atoms with Gasteiger partial charge in [0.1, 0.15) is 17.9 Å². The molecule has 180 valence electrons. The number of carbonyl (C=O) groups excluding carboxylic acids is 1. The Balaban J connectivity index is 1.49. The number of piperidine rings is 1. The number of carbonyl (C=O) groups is 1. The highest BCUT2D eigenvalue weighted by Gasteiger charge is 2.33. The quantitative estimate of drug-likeness (QED) is 0.479. The van der Waals surface area contributed by atoms with Crippen molar-refractivity contribution in [3.63, 3.8) is 0 Å². The van der Waals surface area contributed by atoms with E-state index >= 15 is 0 Å². The van der Waals surface area contributed by atoms with E-state index in [1.54, 1.807) is 35.7 Å². The Kier molecular flexibility index (Phi) is 6.79. The molecule has 0 aliphatic carbocycles. The molecule has 3 aromatic rings. The van der Waals surface area contributed by atoms with Crippen LogP contribution in [0.4, 0.5) is 24.7 Å². The second kappa shape index (κ2) is 9.77. The number of rotatable bonds is 6. The molecule has 14 heteroatoms. The average Bonchev–Trinajstić information content (AvgIpc) is 3.30. The molecule has 3 heterocycles. The van der Waals surface area contributed by atoms with Gasteiger partial charge in [0.05, 0.1) is 35.3 Å². The third kappa shape index (κ3) is 5.51. The predicted octanol–water partition coefficient (Wildman–Crippen LogP) is 2.60. The van der Waals surface area contributed by atoms with Crippen LogP contribution in [-0.2, 0) is 16.1 Å². The number of ether oxygens (including phenoxy) is 1. The molecule has 0 radical (unpaired) electrons. The molecule has 1 amide bonds. The maximum atomic E-state index is 13.1. The van der Waals surface area contributed by atoms with Crippen molar-refractivity contribution in [3.05, 3.63) is 55.4 Å². The highest BCUT2D eigenvalue weighted by atomic mass is 32.2. The monoisotopic (exact) mass is 495 g/mol. The van der Waals surface area contributed by atoms with Crippen LogP contribution in [0.5, 0.6) is 5.75 Å². The summed E-state index contributed by atoms with van der Waals surface area (Å²) < 4.78 is 66.8. The van der Waals surface area contributed by atoms with E-state index in [0.29, 0.717) is 35.3 Å². The lowest BCUT2D eigenvalue weighted by molar-refractivity contribution is -0.274. The number of halogens is 3. The van der Waals surface area contributed by atoms with Gasteiger partial charge in [-0.05, 0) is 37.1 Å². The predicted molar refractivity (Wildman–Crippen MR) is 114 cm³/mol. The Bertz CT molecular complexity index is 1160. The second-order valence-corrected chi connectivity index (χ2v) is 8.18. The standard InChI is InChI=1S/C20H19F3N6O4S/c21-20(22,23)33-16-5-3-15(4-6-16)29(34(31)32)19(30)14-2-1-9-27(11-14)18-12-28(13-26-18)17-10-24-7-8-25-17/h3-8,10,12-14H,1-2,9,11H2,(H,31,32)/p-1/t14-/m1/s1. The van der Waals surface area contributed by atoms with Gasteiger partial charge in [-0.1, -0.05) is 0 Å². The van der Waals surface area contributed by atoms with Crippen LogP contribution in [-0.4, -0.2) is 53.6 Å². The molecule has 0 spiro atoms. The first kappa shape index (κ1) is 23.6. The van der Waals surface area contributed by atoms with Crippen molar-refractivity contribution in [2.75, 3.05) is 22.3 Å². The van der Waals surface area contributed by atoms with Gasteiger partial charge in [0.2, 0.25) is 5.91 Å². The molecule has 10 nitrogen and oxygen atoms in total. The van der Waals surface area contributed by atoms with Gasteiger partial charge in [-0.25, -0.2) is 14.3 Å². The molecule has 1 fully saturated rings. The van der Waals surface area contributed by atoms with Gasteiger partial charge in [-0.15, -0.1) is 13.2 Å². The van der Waals surface area contributed by atoms with Crippen molar-refractivity contribution in [2.45, 2.75) is 19.2 Å². The minimum Gasteiger partial charge on any atom is -0.755 e. The van der Waals surface area contributed by atoms with Gasteiger partial charge in [0, 0.05) is 25.5 Å². The van der Waals surface area contributed by atoms with E-state index in [1.807, 2.05) is 4.90 Å². The van der Waals surface area contributed by atoms with Crippen molar-refractivity contribution < 1.29 is 31.5 Å². The number of benzene rings is 1. The number of anilines is 2. The lowest BCUT2D eigenvalue weighted by Crippen LogP contribution is -2.45. The molecule has 1 unspecified atom stereocenters. The fraction of sp³-hybridized carbons (Fsp3) is 0.300. The van der Waals surface area contributed by atoms with Crippen LogP contribution in [0.15, 0.2) is 55.4 Å². The molecule has 0 saturated carbocycles. The van der Waals surface area contributed by atoms with Crippen molar-refractivity contribution in [1.29, 1.82) is 0 Å². The lowest BCUT2D eigenvalue weighted by Gasteiger charge is -2.35. The number of alkyl halides is 3. The van der Waals surface area contributed by atoms with E-state index in [4.69, 9.17) is 0 Å². The fourth-order valence-electron chi connectivity index (χ4n) is 3.65. The Hall–Kier alpha value is -3.52. The summed E-state index contributed by atoms with van der Waals surface area (Å²) in [5.41, 5.74) is -0.0862. The first-order valence-electron chi connectivity index (χ1n) is 10.1. The summed E-state index contributed by atoms with van der Waals surface area (Å²) in [4.78, 5) is 27.5. The summed E-state index contributed by atoms with van der Waals surface area (Å²) in [5, 5.41) is 0. The van der Waals surface area contributed by atoms with Crippen molar-refractivity contribution in [1.82, 2.24) is 19.5 Å². The number of aromatic nitrogens is 4. The molecule has 1 aliphatic heterocycles. The molecule has 1 aromatic carbocycles. The zero-order valence-corrected chi connectivity index (χ0v) is 18.3. The van der Waals surface area contributed by atoms with E-state index in [1.165, 1.54) is 0 Å². The van der Waals surface area contributed by atoms with Gasteiger partial charge in [0.15, 0.2) is 5.82 Å². The SMILES string of the molecule is O=C([C@@H]1CCCN(c2cn(-c3cnccn3)cn2)C1)N(c1ccc(OC(F)(F)F)cc1)S(=O)[O-]. The van der Waals surface area contributed by atoms with Gasteiger partial charge in [-0.3, -0.25) is 18.6 Å². The summed E-state index contributed by atoms with van der Waals surface area (Å²) >= 11 is -2.97. The van der Waals surface area contributed by atoms with Crippen LogP contribution in [0.1, 0.15) is 12.8 Å². The van der Waals surface area contributed by atoms with Gasteiger partial charge < -0.3 is 14.2 Å². The lowest BCUT2D eigenvalue weighted by atomic mass is 9.97. The van der Waals surface area contributed by atoms with Crippen molar-refractivity contribution in [3.8, 4) is 11.6 Å². The Morgan fingerprint density at radius 1 is 1.18 bits per heavy atom. The van der Waals surface area contributed by atoms with E-state index in [-0.39, 0.29) is 12.2 Å². The second-order valence-electron chi connectivity index (χ2n) is 7.38. The Morgan fingerprint density at radius 2 is 1.94 bits per heavy atom. The van der Waals surface area contributed by atoms with Crippen LogP contribution in [0.25, 0.3) is 5.82 Å². The van der Waals surface area contributed by atoms with Crippen LogP contribution in [0.3, 0.4) is 0 Å². The Morgan fingerprint density at radius 3 is 2.59 bits per heavy atom. The summed E-state index contributed by atoms with van der Waals surface area (Å²) in [7, 11) is 0. The van der Waals surface area contributed by atoms with Crippen molar-refractivity contribution in [2.24, 2.45) is 5.92 Å². The zero-order chi connectivity index (χ0) is 24.3. The molecule has 2 atom stereocenters. The molecular formula is C20H18F3N6O4S-. The van der Waals surface area contributed by atoms with Gasteiger partial charge in [-0.2, -0.15) is 0 Å². The molecule has 4 rings (SSSR count). The molecular weight excluding hydrogens is 477 g/mol. The van der Waals surface area contributed by atoms with E-state index in [0.717, 1.165) is 24.3 Å². The maximum absolute atomic E-state index is 13.1. The van der Waals surface area contributed by atoms with Crippen LogP contribution in [0.2, 0.25) is 0 Å². The van der Waals surface area contributed by atoms with E-state index in [2.05, 4.69) is 19.7 Å². The first-order valence-corrected chi connectivity index (χ1v) is 11.1. The number of imidazole rings is 1. The first-order chi connectivity index (χ1) is 16.2. The maximum Gasteiger partial charge on any atom is 0.573 e. The molecule has 1 saturated heterocycles. The minimum absolute atomic E-state index is 0.0862. The molecule has 0 bridgehead atoms. The summed E-state index contributed by atoms with van der Waals surface area (Å²) in [6.45, 7) is 0.838. The number of amides is 1. The minimum atomic E-state index is -4.88. The molecule has 0 N–H and O–H groups in total. The van der Waals surface area contributed by atoms with Gasteiger partial charge >= 0.3 is 6.36 Å². The third-order valence-corrected chi connectivity index (χ3v) is 5.82. The molecule has 34 heavy (non-hydrogen) atoms. The summed E-state index contributed by atoms with van der Waals surface area (Å²) in [6, 6.07) is 4.06. The molecule has 2 aromatic heterocycles. The highest BCUT2D eigenvalue weighted by Crippen LogP contribution is 2.29. The number of hydrogen-bond acceptors (Lipinski definition) is 8. The third-order valence-electron chi connectivity index (χ3n) is 5.13. The largest absolute Gasteiger partial charge is 0.755 e. The highest BCUT2D eigenvalue weighted by molar-refractivity contribution is 7.81. The van der Waals surface area contributed by atoms with Crippen LogP contribution in [0, 0.1) is 5.92 Å². The fourth-order valence-corrected chi connectivity index (χ4v) is 4.24. The molecule has 1 aliphatic rings. The van der Waals surface area contributed by atoms with Crippen molar-refractivity contribution >= 4 is 28.7 Å². The zero-order valence-electron chi connectivity index (χ0n) is 17.5. The summed E-state index contributed by atoms with van der Waals surface area (Å²) in [5.74, 6) is -0.721. The normalized spacial score (nSPS) is 17.3. The van der Waals surface area contributed by atoms with Gasteiger partial charge in [0.25, 0.3) is 0 Å². The average molecular weight is 495 g/mol. The summed E-state index contributed by atoms with van der Waals surface area (Å²) in [6.07, 6.45) is 4.14. The number of nitrogens with zero attached hydrogens (tertiary/aromatic N) is 6. The Labute approximate surface area is 194 Å². The topological polar surface area (TPSA) is 117 Å². The number of hydrogen-bond donors (Lipinski definition) is 0. The smallest absolute Gasteiger partial charge is 0.573 e. The van der Waals surface area contributed by atoms with Crippen LogP contribution < -0.4 is 13.9 Å².